The lowest BCUT2D eigenvalue weighted by atomic mass is 10.1. The first-order valence-electron chi connectivity index (χ1n) is 4.74. The van der Waals surface area contributed by atoms with Crippen LogP contribution in [0.15, 0.2) is 18.2 Å². The van der Waals surface area contributed by atoms with Crippen LogP contribution in [0.5, 0.6) is 11.5 Å². The van der Waals surface area contributed by atoms with Crippen LogP contribution in [0.2, 0.25) is 0 Å². The average Bonchev–Trinajstić information content (AvgIpc) is 2.28. The van der Waals surface area contributed by atoms with Gasteiger partial charge in [-0.15, -0.1) is 0 Å². The predicted molar refractivity (Wildman–Crippen MR) is 54.2 cm³/mol. The summed E-state index contributed by atoms with van der Waals surface area (Å²) in [4.78, 5) is 11.5. The zero-order valence-corrected chi connectivity index (χ0v) is 9.00. The minimum absolute atomic E-state index is 0.113. The van der Waals surface area contributed by atoms with Gasteiger partial charge in [0.05, 0.1) is 12.7 Å². The van der Waals surface area contributed by atoms with Crippen molar-refractivity contribution in [2.75, 3.05) is 7.11 Å². The highest BCUT2D eigenvalue weighted by molar-refractivity contribution is 5.98. The zero-order valence-electron chi connectivity index (χ0n) is 9.00. The summed E-state index contributed by atoms with van der Waals surface area (Å²) in [5.41, 5.74) is 0.113. The summed E-state index contributed by atoms with van der Waals surface area (Å²) < 4.78 is 33.3. The highest BCUT2D eigenvalue weighted by Gasteiger charge is 2.15. The fraction of sp³-hybridized carbons (Fsp3) is 0.364. The van der Waals surface area contributed by atoms with Gasteiger partial charge >= 0.3 is 6.61 Å². The number of hydrogen-bond donors (Lipinski definition) is 0. The molecule has 0 aliphatic carbocycles. The Kier molecular flexibility index (Phi) is 4.22. The molecule has 0 unspecified atom stereocenters. The summed E-state index contributed by atoms with van der Waals surface area (Å²) in [6, 6.07) is 4.15. The van der Waals surface area contributed by atoms with Crippen molar-refractivity contribution in [3.05, 3.63) is 23.8 Å². The SMILES string of the molecule is CCC(=O)c1cc(OC)ccc1OC(F)F. The lowest BCUT2D eigenvalue weighted by Gasteiger charge is -2.10. The molecule has 16 heavy (non-hydrogen) atoms. The molecule has 0 heterocycles. The smallest absolute Gasteiger partial charge is 0.387 e. The van der Waals surface area contributed by atoms with Gasteiger partial charge < -0.3 is 9.47 Å². The Morgan fingerprint density at radius 2 is 2.12 bits per heavy atom. The quantitative estimate of drug-likeness (QED) is 0.729. The fourth-order valence-electron chi connectivity index (χ4n) is 1.24. The molecule has 0 aliphatic rings. The molecule has 0 fully saturated rings. The average molecular weight is 230 g/mol. The molecule has 0 saturated carbocycles. The maximum atomic E-state index is 12.1. The van der Waals surface area contributed by atoms with Crippen LogP contribution in [0.1, 0.15) is 23.7 Å². The van der Waals surface area contributed by atoms with Gasteiger partial charge in [-0.25, -0.2) is 0 Å². The molecule has 1 rings (SSSR count). The van der Waals surface area contributed by atoms with Crippen LogP contribution in [0.3, 0.4) is 0 Å². The number of halogens is 2. The lowest BCUT2D eigenvalue weighted by molar-refractivity contribution is -0.0501. The Morgan fingerprint density at radius 1 is 1.44 bits per heavy atom. The first-order valence-corrected chi connectivity index (χ1v) is 4.74. The van der Waals surface area contributed by atoms with Crippen molar-refractivity contribution in [1.82, 2.24) is 0 Å². The first-order chi connectivity index (χ1) is 7.58. The van der Waals surface area contributed by atoms with Crippen LogP contribution in [0, 0.1) is 0 Å². The Hall–Kier alpha value is -1.65. The molecular weight excluding hydrogens is 218 g/mol. The van der Waals surface area contributed by atoms with E-state index in [0.717, 1.165) is 0 Å². The van der Waals surface area contributed by atoms with Gasteiger partial charge in [0.15, 0.2) is 5.78 Å². The van der Waals surface area contributed by atoms with Crippen molar-refractivity contribution >= 4 is 5.78 Å². The summed E-state index contributed by atoms with van der Waals surface area (Å²) in [7, 11) is 1.43. The molecule has 1 aromatic rings. The van der Waals surface area contributed by atoms with Crippen molar-refractivity contribution in [2.24, 2.45) is 0 Å². The van der Waals surface area contributed by atoms with Crippen LogP contribution in [0.25, 0.3) is 0 Å². The summed E-state index contributed by atoms with van der Waals surface area (Å²) in [6.07, 6.45) is 0.215. The largest absolute Gasteiger partial charge is 0.497 e. The molecule has 0 atom stereocenters. The monoisotopic (exact) mass is 230 g/mol. The number of alkyl halides is 2. The van der Waals surface area contributed by atoms with E-state index in [1.165, 1.54) is 25.3 Å². The molecule has 3 nitrogen and oxygen atoms in total. The van der Waals surface area contributed by atoms with E-state index in [-0.39, 0.29) is 23.5 Å². The van der Waals surface area contributed by atoms with E-state index in [9.17, 15) is 13.6 Å². The third-order valence-corrected chi connectivity index (χ3v) is 2.02. The molecule has 5 heteroatoms. The molecule has 0 aliphatic heterocycles. The van der Waals surface area contributed by atoms with E-state index in [1.54, 1.807) is 6.92 Å². The van der Waals surface area contributed by atoms with Crippen LogP contribution in [-0.2, 0) is 0 Å². The van der Waals surface area contributed by atoms with Crippen LogP contribution in [-0.4, -0.2) is 19.5 Å². The summed E-state index contributed by atoms with van der Waals surface area (Å²) >= 11 is 0. The standard InChI is InChI=1S/C11H12F2O3/c1-3-9(14)8-6-7(15-2)4-5-10(8)16-11(12)13/h4-6,11H,3H2,1-2H3. The molecule has 0 saturated heterocycles. The molecule has 0 aromatic heterocycles. The zero-order chi connectivity index (χ0) is 12.1. The van der Waals surface area contributed by atoms with E-state index in [0.29, 0.717) is 5.75 Å². The Labute approximate surface area is 92.0 Å². The molecule has 1 aromatic carbocycles. The van der Waals surface area contributed by atoms with E-state index in [2.05, 4.69) is 4.74 Å². The molecule has 0 spiro atoms. The van der Waals surface area contributed by atoms with Crippen molar-refractivity contribution in [3.8, 4) is 11.5 Å². The van der Waals surface area contributed by atoms with E-state index < -0.39 is 6.61 Å². The number of ether oxygens (including phenoxy) is 2. The summed E-state index contributed by atoms with van der Waals surface area (Å²) in [5.74, 6) is 0.0376. The number of hydrogen-bond acceptors (Lipinski definition) is 3. The van der Waals surface area contributed by atoms with E-state index >= 15 is 0 Å². The first kappa shape index (κ1) is 12.4. The van der Waals surface area contributed by atoms with Crippen molar-refractivity contribution in [1.29, 1.82) is 0 Å². The van der Waals surface area contributed by atoms with Gasteiger partial charge in [0, 0.05) is 6.42 Å². The van der Waals surface area contributed by atoms with Gasteiger partial charge in [0.2, 0.25) is 0 Å². The second kappa shape index (κ2) is 5.44. The van der Waals surface area contributed by atoms with Gasteiger partial charge in [0.1, 0.15) is 11.5 Å². The number of methoxy groups -OCH3 is 1. The van der Waals surface area contributed by atoms with Crippen LogP contribution in [0.4, 0.5) is 8.78 Å². The maximum Gasteiger partial charge on any atom is 0.387 e. The minimum Gasteiger partial charge on any atom is -0.497 e. The number of Topliss-reactive ketones (excluding diaryl/α,β-unsaturated/α-hetero) is 1. The Bertz CT molecular complexity index is 377. The Balaban J connectivity index is 3.11. The maximum absolute atomic E-state index is 12.1. The van der Waals surface area contributed by atoms with E-state index in [4.69, 9.17) is 4.74 Å². The highest BCUT2D eigenvalue weighted by Crippen LogP contribution is 2.26. The predicted octanol–water partition coefficient (Wildman–Crippen LogP) is 2.89. The summed E-state index contributed by atoms with van der Waals surface area (Å²) in [5, 5.41) is 0. The van der Waals surface area contributed by atoms with E-state index in [1.807, 2.05) is 0 Å². The van der Waals surface area contributed by atoms with Crippen molar-refractivity contribution in [3.63, 3.8) is 0 Å². The number of ketones is 1. The normalized spacial score (nSPS) is 10.3. The second-order valence-electron chi connectivity index (χ2n) is 3.02. The fourth-order valence-corrected chi connectivity index (χ4v) is 1.24. The molecule has 88 valence electrons. The molecule has 0 N–H and O–H groups in total. The topological polar surface area (TPSA) is 35.5 Å². The third kappa shape index (κ3) is 2.92. The molecular formula is C11H12F2O3. The van der Waals surface area contributed by atoms with Gasteiger partial charge in [-0.05, 0) is 18.2 Å². The third-order valence-electron chi connectivity index (χ3n) is 2.02. The van der Waals surface area contributed by atoms with Crippen molar-refractivity contribution < 1.29 is 23.0 Å². The molecule has 0 bridgehead atoms. The van der Waals surface area contributed by atoms with Gasteiger partial charge in [0.25, 0.3) is 0 Å². The molecule has 0 amide bonds. The number of rotatable bonds is 5. The van der Waals surface area contributed by atoms with Gasteiger partial charge in [-0.2, -0.15) is 8.78 Å². The molecule has 0 radical (unpaired) electrons. The number of carbonyl (C=O) groups is 1. The van der Waals surface area contributed by atoms with Crippen LogP contribution >= 0.6 is 0 Å². The number of benzene rings is 1. The number of carbonyl (C=O) groups excluding carboxylic acids is 1. The lowest BCUT2D eigenvalue weighted by Crippen LogP contribution is -2.07. The second-order valence-corrected chi connectivity index (χ2v) is 3.02. The van der Waals surface area contributed by atoms with Gasteiger partial charge in [-0.3, -0.25) is 4.79 Å². The Morgan fingerprint density at radius 3 is 2.62 bits per heavy atom. The highest BCUT2D eigenvalue weighted by atomic mass is 19.3. The summed E-state index contributed by atoms with van der Waals surface area (Å²) in [6.45, 7) is -1.30. The van der Waals surface area contributed by atoms with Crippen molar-refractivity contribution in [2.45, 2.75) is 20.0 Å². The van der Waals surface area contributed by atoms with Crippen LogP contribution < -0.4 is 9.47 Å². The minimum atomic E-state index is -2.95. The van der Waals surface area contributed by atoms with Gasteiger partial charge in [-0.1, -0.05) is 6.92 Å².